The number of nitrogens with zero attached hydrogens (tertiary/aromatic N) is 1. The van der Waals surface area contributed by atoms with Gasteiger partial charge in [-0.3, -0.25) is 24.1 Å². The minimum absolute atomic E-state index is 0.0269. The normalized spacial score (nSPS) is 22.5. The summed E-state index contributed by atoms with van der Waals surface area (Å²) in [7, 11) is 1.63. The highest BCUT2D eigenvalue weighted by Crippen LogP contribution is 2.29. The summed E-state index contributed by atoms with van der Waals surface area (Å²) in [5.74, 6) is 0.136. The Morgan fingerprint density at radius 2 is 2.14 bits per heavy atom. The Hall–Kier alpha value is -2.09. The Morgan fingerprint density at radius 1 is 1.36 bits per heavy atom. The van der Waals surface area contributed by atoms with E-state index in [-0.39, 0.29) is 36.0 Å². The number of thioether (sulfide) groups is 1. The van der Waals surface area contributed by atoms with Crippen molar-refractivity contribution in [1.82, 2.24) is 15.5 Å². The lowest BCUT2D eigenvalue weighted by Gasteiger charge is -2.23. The minimum atomic E-state index is -0.404. The molecule has 1 aliphatic heterocycles. The Morgan fingerprint density at radius 3 is 2.79 bits per heavy atom. The lowest BCUT2D eigenvalue weighted by Crippen LogP contribution is -2.34. The van der Waals surface area contributed by atoms with Crippen LogP contribution in [0, 0.1) is 5.92 Å². The molecule has 0 aromatic carbocycles. The number of allylic oxidation sites excluding steroid dienone is 2. The van der Waals surface area contributed by atoms with Gasteiger partial charge in [-0.15, -0.1) is 11.8 Å². The van der Waals surface area contributed by atoms with E-state index in [1.54, 1.807) is 7.05 Å². The van der Waals surface area contributed by atoms with Gasteiger partial charge in [0.05, 0.1) is 5.25 Å². The van der Waals surface area contributed by atoms with Crippen LogP contribution in [0.15, 0.2) is 23.8 Å². The maximum atomic E-state index is 12.6. The van der Waals surface area contributed by atoms with Crippen molar-refractivity contribution in [1.29, 1.82) is 0 Å². The third-order valence-corrected chi connectivity index (χ3v) is 6.20. The third-order valence-electron chi connectivity index (χ3n) is 4.99. The van der Waals surface area contributed by atoms with Gasteiger partial charge >= 0.3 is 0 Å². The quantitative estimate of drug-likeness (QED) is 0.445. The second-order valence-corrected chi connectivity index (χ2v) is 8.26. The SMILES string of the molecule is C/C=C/CNC(=O)CCSC1CC(=O)N(CC2=CCC(C(=O)NC)CC2)C1=O. The summed E-state index contributed by atoms with van der Waals surface area (Å²) in [4.78, 5) is 49.6. The van der Waals surface area contributed by atoms with Crippen LogP contribution in [0.4, 0.5) is 0 Å². The summed E-state index contributed by atoms with van der Waals surface area (Å²) >= 11 is 1.37. The van der Waals surface area contributed by atoms with Crippen molar-refractivity contribution in [2.24, 2.45) is 5.92 Å². The number of amides is 4. The fourth-order valence-electron chi connectivity index (χ4n) is 3.30. The number of nitrogens with one attached hydrogen (secondary N) is 2. The van der Waals surface area contributed by atoms with E-state index >= 15 is 0 Å². The molecule has 28 heavy (non-hydrogen) atoms. The van der Waals surface area contributed by atoms with Gasteiger partial charge in [-0.05, 0) is 26.2 Å². The molecule has 2 unspecified atom stereocenters. The van der Waals surface area contributed by atoms with E-state index in [4.69, 9.17) is 0 Å². The van der Waals surface area contributed by atoms with Crippen LogP contribution in [0.1, 0.15) is 39.0 Å². The molecule has 0 radical (unpaired) electrons. The molecular formula is C20H29N3O4S. The van der Waals surface area contributed by atoms with E-state index in [2.05, 4.69) is 10.6 Å². The monoisotopic (exact) mass is 407 g/mol. The zero-order valence-electron chi connectivity index (χ0n) is 16.5. The zero-order chi connectivity index (χ0) is 20.5. The maximum absolute atomic E-state index is 12.6. The van der Waals surface area contributed by atoms with E-state index in [0.717, 1.165) is 18.4 Å². The first-order valence-corrected chi connectivity index (χ1v) is 10.7. The number of hydrogen-bond donors (Lipinski definition) is 2. The fourth-order valence-corrected chi connectivity index (χ4v) is 4.42. The lowest BCUT2D eigenvalue weighted by atomic mass is 9.89. The maximum Gasteiger partial charge on any atom is 0.243 e. The van der Waals surface area contributed by atoms with Crippen LogP contribution in [-0.4, -0.2) is 59.7 Å². The molecule has 2 aliphatic rings. The highest BCUT2D eigenvalue weighted by molar-refractivity contribution is 8.00. The zero-order valence-corrected chi connectivity index (χ0v) is 17.3. The predicted octanol–water partition coefficient (Wildman–Crippen LogP) is 1.40. The molecule has 4 amide bonds. The third kappa shape index (κ3) is 6.22. The molecule has 1 fully saturated rings. The van der Waals surface area contributed by atoms with Crippen LogP contribution in [0.5, 0.6) is 0 Å². The smallest absolute Gasteiger partial charge is 0.243 e. The second kappa shape index (κ2) is 11.0. The predicted molar refractivity (Wildman–Crippen MR) is 110 cm³/mol. The molecule has 0 aromatic heterocycles. The van der Waals surface area contributed by atoms with E-state index in [1.165, 1.54) is 16.7 Å². The lowest BCUT2D eigenvalue weighted by molar-refractivity contribution is -0.138. The van der Waals surface area contributed by atoms with Gasteiger partial charge in [0, 0.05) is 44.6 Å². The van der Waals surface area contributed by atoms with Crippen molar-refractivity contribution < 1.29 is 19.2 Å². The Labute approximate surface area is 170 Å². The summed E-state index contributed by atoms with van der Waals surface area (Å²) in [6.07, 6.45) is 8.34. The first kappa shape index (κ1) is 22.2. The van der Waals surface area contributed by atoms with Gasteiger partial charge in [-0.25, -0.2) is 0 Å². The molecule has 0 bridgehead atoms. The fraction of sp³-hybridized carbons (Fsp3) is 0.600. The number of carbonyl (C=O) groups is 4. The first-order valence-electron chi connectivity index (χ1n) is 9.69. The molecule has 154 valence electrons. The van der Waals surface area contributed by atoms with Crippen LogP contribution in [-0.2, 0) is 19.2 Å². The molecule has 0 aromatic rings. The summed E-state index contributed by atoms with van der Waals surface area (Å²) in [6, 6.07) is 0. The Bertz CT molecular complexity index is 674. The summed E-state index contributed by atoms with van der Waals surface area (Å²) in [5.41, 5.74) is 1.04. The second-order valence-electron chi connectivity index (χ2n) is 6.95. The highest BCUT2D eigenvalue weighted by atomic mass is 32.2. The molecule has 1 saturated heterocycles. The molecule has 2 N–H and O–H groups in total. The van der Waals surface area contributed by atoms with Crippen molar-refractivity contribution >= 4 is 35.4 Å². The number of likely N-dealkylation sites (tertiary alicyclic amines) is 1. The van der Waals surface area contributed by atoms with E-state index in [1.807, 2.05) is 25.2 Å². The molecule has 2 rings (SSSR count). The average Bonchev–Trinajstić information content (AvgIpc) is 2.95. The molecule has 8 heteroatoms. The van der Waals surface area contributed by atoms with Crippen molar-refractivity contribution in [2.45, 2.75) is 44.3 Å². The van der Waals surface area contributed by atoms with E-state index in [0.29, 0.717) is 31.7 Å². The molecule has 1 aliphatic carbocycles. The van der Waals surface area contributed by atoms with Crippen LogP contribution in [0.2, 0.25) is 0 Å². The first-order chi connectivity index (χ1) is 13.5. The van der Waals surface area contributed by atoms with Gasteiger partial charge < -0.3 is 10.6 Å². The van der Waals surface area contributed by atoms with Crippen molar-refractivity contribution in [3.63, 3.8) is 0 Å². The molecular weight excluding hydrogens is 378 g/mol. The summed E-state index contributed by atoms with van der Waals surface area (Å²) in [5, 5.41) is 5.03. The topological polar surface area (TPSA) is 95.6 Å². The van der Waals surface area contributed by atoms with Crippen molar-refractivity contribution in [3.05, 3.63) is 23.8 Å². The van der Waals surface area contributed by atoms with Crippen LogP contribution < -0.4 is 10.6 Å². The number of rotatable bonds is 9. The largest absolute Gasteiger partial charge is 0.359 e. The van der Waals surface area contributed by atoms with Gasteiger partial charge in [-0.2, -0.15) is 0 Å². The number of hydrogen-bond acceptors (Lipinski definition) is 5. The van der Waals surface area contributed by atoms with Crippen LogP contribution in [0.25, 0.3) is 0 Å². The summed E-state index contributed by atoms with van der Waals surface area (Å²) < 4.78 is 0. The van der Waals surface area contributed by atoms with Gasteiger partial charge in [0.1, 0.15) is 0 Å². The standard InChI is InChI=1S/C20H29N3O4S/c1-3-4-10-22-17(24)9-11-28-16-12-18(25)23(20(16)27)13-14-5-7-15(8-6-14)19(26)21-2/h3-5,15-16H,6-13H2,1-2H3,(H,21,26)(H,22,24)/b4-3+. The molecule has 7 nitrogen and oxygen atoms in total. The van der Waals surface area contributed by atoms with Crippen LogP contribution >= 0.6 is 11.8 Å². The van der Waals surface area contributed by atoms with Crippen molar-refractivity contribution in [2.75, 3.05) is 25.9 Å². The molecule has 0 spiro atoms. The van der Waals surface area contributed by atoms with Gasteiger partial charge in [0.2, 0.25) is 23.6 Å². The van der Waals surface area contributed by atoms with Gasteiger partial charge in [-0.1, -0.05) is 23.8 Å². The van der Waals surface area contributed by atoms with E-state index in [9.17, 15) is 19.2 Å². The molecule has 2 atom stereocenters. The van der Waals surface area contributed by atoms with Gasteiger partial charge in [0.15, 0.2) is 0 Å². The van der Waals surface area contributed by atoms with E-state index < -0.39 is 5.25 Å². The Balaban J connectivity index is 1.78. The molecule has 1 heterocycles. The van der Waals surface area contributed by atoms with Crippen LogP contribution in [0.3, 0.4) is 0 Å². The molecule has 0 saturated carbocycles. The number of carbonyl (C=O) groups excluding carboxylic acids is 4. The Kier molecular flexibility index (Phi) is 8.76. The minimum Gasteiger partial charge on any atom is -0.359 e. The summed E-state index contributed by atoms with van der Waals surface area (Å²) in [6.45, 7) is 2.71. The van der Waals surface area contributed by atoms with Gasteiger partial charge in [0.25, 0.3) is 0 Å². The number of imide groups is 1. The highest BCUT2D eigenvalue weighted by Gasteiger charge is 2.39. The average molecular weight is 408 g/mol. The van der Waals surface area contributed by atoms with Crippen molar-refractivity contribution in [3.8, 4) is 0 Å².